The first kappa shape index (κ1) is 17.0. The molecule has 134 valence electrons. The molecule has 1 atom stereocenters. The Labute approximate surface area is 145 Å². The second kappa shape index (κ2) is 6.96. The number of pyridine rings is 1. The fourth-order valence-corrected chi connectivity index (χ4v) is 2.91. The first-order valence-electron chi connectivity index (χ1n) is 8.09. The number of anilines is 1. The van der Waals surface area contributed by atoms with Crippen LogP contribution in [0.4, 0.5) is 10.6 Å². The Morgan fingerprint density at radius 2 is 2.24 bits per heavy atom. The number of urea groups is 1. The molecule has 1 N–H and O–H groups in total. The van der Waals surface area contributed by atoms with Gasteiger partial charge < -0.3 is 19.4 Å². The summed E-state index contributed by atoms with van der Waals surface area (Å²) in [5, 5.41) is 2.16. The normalized spacial score (nSPS) is 20.0. The number of nitrogens with zero attached hydrogens (tertiary/aromatic N) is 4. The third-order valence-electron chi connectivity index (χ3n) is 4.16. The molecule has 9 heteroatoms. The summed E-state index contributed by atoms with van der Waals surface area (Å²) in [5.41, 5.74) is 0. The van der Waals surface area contributed by atoms with E-state index < -0.39 is 6.03 Å². The maximum Gasteiger partial charge on any atom is 0.325 e. The van der Waals surface area contributed by atoms with E-state index in [4.69, 9.17) is 4.74 Å². The highest BCUT2D eigenvalue weighted by Crippen LogP contribution is 2.26. The van der Waals surface area contributed by atoms with Gasteiger partial charge >= 0.3 is 6.03 Å². The average Bonchev–Trinajstić information content (AvgIpc) is 3.14. The predicted octanol–water partition coefficient (Wildman–Crippen LogP) is -0.321. The van der Waals surface area contributed by atoms with Crippen LogP contribution < -0.4 is 15.0 Å². The van der Waals surface area contributed by atoms with Crippen LogP contribution in [0.2, 0.25) is 0 Å². The topological polar surface area (TPSA) is 95.1 Å². The summed E-state index contributed by atoms with van der Waals surface area (Å²) in [6, 6.07) is 3.15. The van der Waals surface area contributed by atoms with E-state index in [0.29, 0.717) is 25.3 Å². The van der Waals surface area contributed by atoms with Crippen molar-refractivity contribution in [1.29, 1.82) is 0 Å². The number of hydrogen-bond acceptors (Lipinski definition) is 6. The molecule has 2 fully saturated rings. The van der Waals surface area contributed by atoms with E-state index in [1.54, 1.807) is 11.1 Å². The molecule has 3 rings (SSSR count). The van der Waals surface area contributed by atoms with Crippen LogP contribution in [0.25, 0.3) is 0 Å². The minimum atomic E-state index is -0.517. The van der Waals surface area contributed by atoms with E-state index in [1.807, 2.05) is 31.1 Å². The largest absolute Gasteiger partial charge is 0.485 e. The van der Waals surface area contributed by atoms with Gasteiger partial charge in [0.2, 0.25) is 11.8 Å². The van der Waals surface area contributed by atoms with E-state index in [-0.39, 0.29) is 31.0 Å². The molecule has 2 aliphatic rings. The zero-order valence-corrected chi connectivity index (χ0v) is 14.3. The molecule has 3 heterocycles. The Bertz CT molecular complexity index is 693. The quantitative estimate of drug-likeness (QED) is 0.734. The third kappa shape index (κ3) is 3.81. The van der Waals surface area contributed by atoms with E-state index in [2.05, 4.69) is 10.3 Å². The van der Waals surface area contributed by atoms with Crippen LogP contribution in [0.3, 0.4) is 0 Å². The molecule has 0 radical (unpaired) electrons. The lowest BCUT2D eigenvalue weighted by Gasteiger charge is -2.21. The molecule has 1 unspecified atom stereocenters. The van der Waals surface area contributed by atoms with Crippen molar-refractivity contribution in [3.63, 3.8) is 0 Å². The molecule has 4 amide bonds. The molecule has 0 aliphatic carbocycles. The zero-order valence-electron chi connectivity index (χ0n) is 14.3. The second-order valence-electron chi connectivity index (χ2n) is 6.30. The van der Waals surface area contributed by atoms with E-state index in [9.17, 15) is 14.4 Å². The second-order valence-corrected chi connectivity index (χ2v) is 6.30. The van der Waals surface area contributed by atoms with Gasteiger partial charge in [-0.25, -0.2) is 9.78 Å². The fraction of sp³-hybridized carbons (Fsp3) is 0.500. The van der Waals surface area contributed by atoms with Gasteiger partial charge in [0.05, 0.1) is 6.54 Å². The van der Waals surface area contributed by atoms with Crippen molar-refractivity contribution in [3.05, 3.63) is 18.3 Å². The number of aromatic nitrogens is 1. The van der Waals surface area contributed by atoms with Gasteiger partial charge in [0.15, 0.2) is 11.6 Å². The van der Waals surface area contributed by atoms with Crippen LogP contribution in [-0.4, -0.2) is 79.0 Å². The SMILES string of the molecule is CN(C)c1ncccc1OC1CCN(C(=O)CN2CC(=O)NC2=O)C1. The summed E-state index contributed by atoms with van der Waals surface area (Å²) in [7, 11) is 3.78. The van der Waals surface area contributed by atoms with Crippen LogP contribution in [-0.2, 0) is 9.59 Å². The summed E-state index contributed by atoms with van der Waals surface area (Å²) >= 11 is 0. The van der Waals surface area contributed by atoms with Gasteiger partial charge in [-0.15, -0.1) is 0 Å². The summed E-state index contributed by atoms with van der Waals surface area (Å²) in [6.07, 6.45) is 2.29. The monoisotopic (exact) mass is 347 g/mol. The van der Waals surface area contributed by atoms with Gasteiger partial charge in [-0.2, -0.15) is 0 Å². The first-order valence-corrected chi connectivity index (χ1v) is 8.09. The predicted molar refractivity (Wildman–Crippen MR) is 89.3 cm³/mol. The summed E-state index contributed by atoms with van der Waals surface area (Å²) in [6.45, 7) is 0.842. The maximum absolute atomic E-state index is 12.3. The fourth-order valence-electron chi connectivity index (χ4n) is 2.91. The van der Waals surface area contributed by atoms with Gasteiger partial charge in [-0.3, -0.25) is 14.9 Å². The number of imide groups is 1. The van der Waals surface area contributed by atoms with Crippen LogP contribution >= 0.6 is 0 Å². The minimum absolute atomic E-state index is 0.0692. The summed E-state index contributed by atoms with van der Waals surface area (Å²) < 4.78 is 6.01. The number of ether oxygens (including phenoxy) is 1. The van der Waals surface area contributed by atoms with Gasteiger partial charge in [-0.1, -0.05) is 0 Å². The van der Waals surface area contributed by atoms with Crippen LogP contribution in [0.15, 0.2) is 18.3 Å². The highest BCUT2D eigenvalue weighted by atomic mass is 16.5. The van der Waals surface area contributed by atoms with Crippen molar-refractivity contribution < 1.29 is 19.1 Å². The van der Waals surface area contributed by atoms with Gasteiger partial charge in [0.1, 0.15) is 19.2 Å². The van der Waals surface area contributed by atoms with Gasteiger partial charge in [0.25, 0.3) is 0 Å². The molecular formula is C16H21N5O4. The molecule has 2 saturated heterocycles. The number of carbonyl (C=O) groups is 3. The molecule has 0 aromatic carbocycles. The van der Waals surface area contributed by atoms with Crippen molar-refractivity contribution >= 4 is 23.7 Å². The van der Waals surface area contributed by atoms with Crippen molar-refractivity contribution in [3.8, 4) is 5.75 Å². The van der Waals surface area contributed by atoms with Crippen molar-refractivity contribution in [2.75, 3.05) is 45.2 Å². The molecule has 2 aliphatic heterocycles. The standard InChI is InChI=1S/C16H21N5O4/c1-19(2)15-12(4-3-6-17-15)25-11-5-7-20(8-11)14(23)10-21-9-13(22)18-16(21)24/h3-4,6,11H,5,7-10H2,1-2H3,(H,18,22,24). The lowest BCUT2D eigenvalue weighted by Crippen LogP contribution is -2.41. The molecule has 25 heavy (non-hydrogen) atoms. The Morgan fingerprint density at radius 3 is 2.92 bits per heavy atom. The number of hydrogen-bond donors (Lipinski definition) is 1. The molecule has 1 aromatic heterocycles. The number of likely N-dealkylation sites (tertiary alicyclic amines) is 1. The third-order valence-corrected chi connectivity index (χ3v) is 4.16. The van der Waals surface area contributed by atoms with E-state index in [0.717, 1.165) is 5.82 Å². The Hall–Kier alpha value is -2.84. The summed E-state index contributed by atoms with van der Waals surface area (Å²) in [5.74, 6) is 0.846. The lowest BCUT2D eigenvalue weighted by molar-refractivity contribution is -0.131. The molecule has 1 aromatic rings. The highest BCUT2D eigenvalue weighted by molar-refractivity contribution is 6.03. The molecule has 0 bridgehead atoms. The lowest BCUT2D eigenvalue weighted by atomic mass is 10.3. The number of nitrogens with one attached hydrogen (secondary N) is 1. The first-order chi connectivity index (χ1) is 11.9. The van der Waals surface area contributed by atoms with Crippen molar-refractivity contribution in [2.24, 2.45) is 0 Å². The molecular weight excluding hydrogens is 326 g/mol. The Balaban J connectivity index is 1.56. The van der Waals surface area contributed by atoms with Gasteiger partial charge in [0, 0.05) is 33.3 Å². The molecule has 0 spiro atoms. The molecule has 0 saturated carbocycles. The van der Waals surface area contributed by atoms with Crippen LogP contribution in [0.5, 0.6) is 5.75 Å². The minimum Gasteiger partial charge on any atom is -0.485 e. The van der Waals surface area contributed by atoms with E-state index in [1.165, 1.54) is 4.90 Å². The maximum atomic E-state index is 12.3. The zero-order chi connectivity index (χ0) is 18.0. The van der Waals surface area contributed by atoms with Crippen LogP contribution in [0.1, 0.15) is 6.42 Å². The van der Waals surface area contributed by atoms with Crippen LogP contribution in [0, 0.1) is 0 Å². The Morgan fingerprint density at radius 1 is 1.44 bits per heavy atom. The highest BCUT2D eigenvalue weighted by Gasteiger charge is 2.33. The number of carbonyl (C=O) groups excluding carboxylic acids is 3. The average molecular weight is 347 g/mol. The van der Waals surface area contributed by atoms with Gasteiger partial charge in [-0.05, 0) is 12.1 Å². The number of amides is 4. The van der Waals surface area contributed by atoms with Crippen molar-refractivity contribution in [2.45, 2.75) is 12.5 Å². The van der Waals surface area contributed by atoms with Crippen molar-refractivity contribution in [1.82, 2.24) is 20.1 Å². The number of rotatable bonds is 5. The summed E-state index contributed by atoms with van der Waals surface area (Å²) in [4.78, 5) is 44.1. The molecule has 9 nitrogen and oxygen atoms in total. The van der Waals surface area contributed by atoms with E-state index >= 15 is 0 Å². The Kier molecular flexibility index (Phi) is 4.73. The smallest absolute Gasteiger partial charge is 0.325 e.